The first-order valence-electron chi connectivity index (χ1n) is 10.2. The van der Waals surface area contributed by atoms with E-state index in [4.69, 9.17) is 0 Å². The van der Waals surface area contributed by atoms with E-state index < -0.39 is 0 Å². The summed E-state index contributed by atoms with van der Waals surface area (Å²) in [4.78, 5) is 28.6. The highest BCUT2D eigenvalue weighted by atomic mass is 16.2. The van der Waals surface area contributed by atoms with Crippen LogP contribution in [0, 0.1) is 5.92 Å². The summed E-state index contributed by atoms with van der Waals surface area (Å²) in [6.07, 6.45) is 5.09. The van der Waals surface area contributed by atoms with Crippen LogP contribution in [0.25, 0.3) is 0 Å². The molecule has 2 fully saturated rings. The number of nitrogens with zero attached hydrogens (tertiary/aromatic N) is 2. The molecule has 0 aliphatic carbocycles. The molecule has 2 N–H and O–H groups in total. The van der Waals surface area contributed by atoms with Crippen LogP contribution in [-0.4, -0.2) is 56.0 Å². The summed E-state index contributed by atoms with van der Waals surface area (Å²) < 4.78 is 0. The number of likely N-dealkylation sites (tertiary alicyclic amines) is 1. The van der Waals surface area contributed by atoms with E-state index >= 15 is 0 Å². The maximum atomic E-state index is 12.6. The topological polar surface area (TPSA) is 64.7 Å². The second-order valence-corrected chi connectivity index (χ2v) is 7.73. The van der Waals surface area contributed by atoms with Gasteiger partial charge in [-0.15, -0.1) is 0 Å². The lowest BCUT2D eigenvalue weighted by Gasteiger charge is -2.35. The van der Waals surface area contributed by atoms with Crippen molar-refractivity contribution in [3.8, 4) is 0 Å². The van der Waals surface area contributed by atoms with Gasteiger partial charge in [-0.2, -0.15) is 0 Å². The fraction of sp³-hybridized carbons (Fsp3) is 0.619. The van der Waals surface area contributed by atoms with Gasteiger partial charge in [-0.3, -0.25) is 14.5 Å². The molecule has 0 saturated carbocycles. The minimum absolute atomic E-state index is 0.0358. The van der Waals surface area contributed by atoms with Crippen molar-refractivity contribution in [3.05, 3.63) is 24.3 Å². The number of rotatable bonds is 7. The molecule has 2 heterocycles. The van der Waals surface area contributed by atoms with Gasteiger partial charge in [-0.05, 0) is 89.5 Å². The largest absolute Gasteiger partial charge is 0.325 e. The molecule has 0 aromatic heterocycles. The summed E-state index contributed by atoms with van der Waals surface area (Å²) in [5.74, 6) is 0.983. The Morgan fingerprint density at radius 2 is 1.89 bits per heavy atom. The van der Waals surface area contributed by atoms with Crippen LogP contribution in [0.5, 0.6) is 0 Å². The van der Waals surface area contributed by atoms with Crippen LogP contribution in [-0.2, 0) is 9.59 Å². The molecule has 1 aromatic rings. The summed E-state index contributed by atoms with van der Waals surface area (Å²) in [5, 5.41) is 6.24. The first-order chi connectivity index (χ1) is 13.1. The fourth-order valence-corrected chi connectivity index (χ4v) is 4.04. The number of carbonyl (C=O) groups excluding carboxylic acids is 2. The molecule has 2 aliphatic heterocycles. The average Bonchev–Trinajstić information content (AvgIpc) is 3.12. The molecule has 0 spiro atoms. The van der Waals surface area contributed by atoms with Gasteiger partial charge in [0.1, 0.15) is 0 Å². The third-order valence-electron chi connectivity index (χ3n) is 5.90. The van der Waals surface area contributed by atoms with Crippen molar-refractivity contribution in [1.29, 1.82) is 0 Å². The Morgan fingerprint density at radius 1 is 1.19 bits per heavy atom. The van der Waals surface area contributed by atoms with Gasteiger partial charge in [0.15, 0.2) is 0 Å². The minimum atomic E-state index is -0.130. The summed E-state index contributed by atoms with van der Waals surface area (Å²) in [6.45, 7) is 5.81. The number of carbonyl (C=O) groups is 2. The standard InChI is InChI=1S/C21H32N4O2/c1-16(24-14-10-17(11-15-24)9-12-22-2)21(27)23-18-5-7-19(8-6-18)25-13-3-4-20(25)26/h5-8,16-17,22H,3-4,9-15H2,1-2H3,(H,23,27). The number of hydrogen-bond acceptors (Lipinski definition) is 4. The first-order valence-corrected chi connectivity index (χ1v) is 10.2. The quantitative estimate of drug-likeness (QED) is 0.772. The Balaban J connectivity index is 1.49. The molecule has 2 amide bonds. The van der Waals surface area contributed by atoms with Crippen LogP contribution in [0.15, 0.2) is 24.3 Å². The van der Waals surface area contributed by atoms with E-state index in [0.29, 0.717) is 6.42 Å². The third-order valence-corrected chi connectivity index (χ3v) is 5.90. The van der Waals surface area contributed by atoms with E-state index in [0.717, 1.165) is 62.7 Å². The van der Waals surface area contributed by atoms with E-state index in [-0.39, 0.29) is 17.9 Å². The van der Waals surface area contributed by atoms with Gasteiger partial charge in [0.25, 0.3) is 0 Å². The van der Waals surface area contributed by atoms with Crippen molar-refractivity contribution in [2.75, 3.05) is 43.4 Å². The zero-order valence-electron chi connectivity index (χ0n) is 16.5. The molecular weight excluding hydrogens is 340 g/mol. The molecule has 0 bridgehead atoms. The second kappa shape index (κ2) is 9.33. The van der Waals surface area contributed by atoms with E-state index in [1.807, 2.05) is 43.1 Å². The van der Waals surface area contributed by atoms with Crippen molar-refractivity contribution in [1.82, 2.24) is 10.2 Å². The van der Waals surface area contributed by atoms with E-state index in [9.17, 15) is 9.59 Å². The predicted octanol–water partition coefficient (Wildman–Crippen LogP) is 2.46. The highest BCUT2D eigenvalue weighted by Gasteiger charge is 2.26. The molecule has 6 nitrogen and oxygen atoms in total. The summed E-state index contributed by atoms with van der Waals surface area (Å²) in [7, 11) is 2.00. The fourth-order valence-electron chi connectivity index (χ4n) is 4.04. The van der Waals surface area contributed by atoms with Gasteiger partial charge < -0.3 is 15.5 Å². The van der Waals surface area contributed by atoms with Crippen LogP contribution in [0.2, 0.25) is 0 Å². The Hall–Kier alpha value is -1.92. The number of amides is 2. The highest BCUT2D eigenvalue weighted by Crippen LogP contribution is 2.24. The zero-order valence-corrected chi connectivity index (χ0v) is 16.5. The van der Waals surface area contributed by atoms with Gasteiger partial charge in [-0.25, -0.2) is 0 Å². The number of anilines is 2. The summed E-state index contributed by atoms with van der Waals surface area (Å²) in [6, 6.07) is 7.47. The second-order valence-electron chi connectivity index (χ2n) is 7.73. The molecule has 3 rings (SSSR count). The normalized spacial score (nSPS) is 20.1. The van der Waals surface area contributed by atoms with Crippen LogP contribution >= 0.6 is 0 Å². The highest BCUT2D eigenvalue weighted by molar-refractivity contribution is 5.97. The van der Waals surface area contributed by atoms with E-state index in [1.54, 1.807) is 0 Å². The molecule has 2 aliphatic rings. The molecule has 1 atom stereocenters. The molecule has 1 aromatic carbocycles. The predicted molar refractivity (Wildman–Crippen MR) is 109 cm³/mol. The molecule has 1 unspecified atom stereocenters. The van der Waals surface area contributed by atoms with Crippen molar-refractivity contribution >= 4 is 23.2 Å². The van der Waals surface area contributed by atoms with Crippen LogP contribution in [0.1, 0.15) is 39.0 Å². The lowest BCUT2D eigenvalue weighted by atomic mass is 9.93. The van der Waals surface area contributed by atoms with Gasteiger partial charge in [0.2, 0.25) is 11.8 Å². The first kappa shape index (κ1) is 19.8. The van der Waals surface area contributed by atoms with Crippen LogP contribution < -0.4 is 15.5 Å². The Kier molecular flexibility index (Phi) is 6.85. The molecular formula is C21H32N4O2. The maximum Gasteiger partial charge on any atom is 0.241 e. The van der Waals surface area contributed by atoms with Gasteiger partial charge >= 0.3 is 0 Å². The number of benzene rings is 1. The molecule has 27 heavy (non-hydrogen) atoms. The Morgan fingerprint density at radius 3 is 2.48 bits per heavy atom. The number of piperidine rings is 1. The lowest BCUT2D eigenvalue weighted by molar-refractivity contribution is -0.121. The summed E-state index contributed by atoms with van der Waals surface area (Å²) >= 11 is 0. The van der Waals surface area contributed by atoms with Crippen molar-refractivity contribution in [2.45, 2.75) is 45.1 Å². The Bertz CT molecular complexity index is 638. The van der Waals surface area contributed by atoms with E-state index in [2.05, 4.69) is 15.5 Å². The molecule has 2 saturated heterocycles. The monoisotopic (exact) mass is 372 g/mol. The van der Waals surface area contributed by atoms with Crippen LogP contribution in [0.3, 0.4) is 0 Å². The van der Waals surface area contributed by atoms with Gasteiger partial charge in [0, 0.05) is 24.3 Å². The number of hydrogen-bond donors (Lipinski definition) is 2. The smallest absolute Gasteiger partial charge is 0.241 e. The van der Waals surface area contributed by atoms with Crippen LogP contribution in [0.4, 0.5) is 11.4 Å². The van der Waals surface area contributed by atoms with Crippen molar-refractivity contribution < 1.29 is 9.59 Å². The maximum absolute atomic E-state index is 12.6. The molecule has 0 radical (unpaired) electrons. The minimum Gasteiger partial charge on any atom is -0.325 e. The number of nitrogens with one attached hydrogen (secondary N) is 2. The summed E-state index contributed by atoms with van der Waals surface area (Å²) in [5.41, 5.74) is 1.69. The lowest BCUT2D eigenvalue weighted by Crippen LogP contribution is -2.46. The zero-order chi connectivity index (χ0) is 19.2. The molecule has 6 heteroatoms. The van der Waals surface area contributed by atoms with Gasteiger partial charge in [-0.1, -0.05) is 0 Å². The van der Waals surface area contributed by atoms with Crippen molar-refractivity contribution in [2.24, 2.45) is 5.92 Å². The van der Waals surface area contributed by atoms with E-state index in [1.165, 1.54) is 6.42 Å². The van der Waals surface area contributed by atoms with Crippen molar-refractivity contribution in [3.63, 3.8) is 0 Å². The third kappa shape index (κ3) is 5.08. The SMILES string of the molecule is CNCCC1CCN(C(C)C(=O)Nc2ccc(N3CCCC3=O)cc2)CC1. The average molecular weight is 373 g/mol. The van der Waals surface area contributed by atoms with Gasteiger partial charge in [0.05, 0.1) is 6.04 Å². The Labute approximate surface area is 162 Å². The molecule has 148 valence electrons.